The first-order chi connectivity index (χ1) is 10.1. The molecule has 1 N–H and O–H groups in total. The fraction of sp³-hybridized carbons (Fsp3) is 0.765. The molecular weight excluding hydrogens is 300 g/mol. The Hall–Kier alpha value is -0.0900. The first-order valence-corrected chi connectivity index (χ1v) is 9.59. The van der Waals surface area contributed by atoms with Crippen molar-refractivity contribution in [2.45, 2.75) is 70.0 Å². The summed E-state index contributed by atoms with van der Waals surface area (Å²) < 4.78 is 0.910. The molecule has 3 rings (SSSR count). The van der Waals surface area contributed by atoms with Crippen molar-refractivity contribution in [2.75, 3.05) is 13.1 Å². The zero-order valence-corrected chi connectivity index (χ0v) is 14.8. The van der Waals surface area contributed by atoms with E-state index in [4.69, 9.17) is 11.6 Å². The van der Waals surface area contributed by atoms with Crippen LogP contribution in [0.25, 0.3) is 0 Å². The molecule has 4 heteroatoms. The predicted molar refractivity (Wildman–Crippen MR) is 92.3 cm³/mol. The minimum atomic E-state index is 0.374. The number of nitrogens with zero attached hydrogens (tertiary/aromatic N) is 1. The van der Waals surface area contributed by atoms with Gasteiger partial charge < -0.3 is 5.32 Å². The SMILES string of the molecule is CCC1CNC2(CCCCC2)CN1C(C)c1ccc(Cl)s1. The molecule has 1 saturated carbocycles. The summed E-state index contributed by atoms with van der Waals surface area (Å²) in [4.78, 5) is 4.15. The molecule has 118 valence electrons. The van der Waals surface area contributed by atoms with Gasteiger partial charge in [0.15, 0.2) is 0 Å². The van der Waals surface area contributed by atoms with Gasteiger partial charge in [-0.25, -0.2) is 0 Å². The van der Waals surface area contributed by atoms with Crippen LogP contribution < -0.4 is 5.32 Å². The fourth-order valence-electron chi connectivity index (χ4n) is 4.10. The molecule has 2 heterocycles. The molecule has 21 heavy (non-hydrogen) atoms. The van der Waals surface area contributed by atoms with E-state index in [1.165, 1.54) is 49.9 Å². The Morgan fingerprint density at radius 1 is 1.38 bits per heavy atom. The fourth-order valence-corrected chi connectivity index (χ4v) is 5.23. The standard InChI is InChI=1S/C17H27ClN2S/c1-3-14-11-19-17(9-5-4-6-10-17)12-20(14)13(2)15-7-8-16(18)21-15/h7-8,13-14,19H,3-6,9-12H2,1-2H3. The van der Waals surface area contributed by atoms with Gasteiger partial charge in [0.2, 0.25) is 0 Å². The van der Waals surface area contributed by atoms with Gasteiger partial charge in [-0.1, -0.05) is 37.8 Å². The molecule has 1 aromatic rings. The first kappa shape index (κ1) is 15.8. The summed E-state index contributed by atoms with van der Waals surface area (Å²) in [5.41, 5.74) is 0.374. The Kier molecular flexibility index (Phi) is 4.94. The first-order valence-electron chi connectivity index (χ1n) is 8.39. The van der Waals surface area contributed by atoms with E-state index in [1.54, 1.807) is 11.3 Å². The van der Waals surface area contributed by atoms with Crippen molar-refractivity contribution in [1.29, 1.82) is 0 Å². The molecule has 0 aromatic carbocycles. The van der Waals surface area contributed by atoms with Crippen LogP contribution in [0.4, 0.5) is 0 Å². The monoisotopic (exact) mass is 326 g/mol. The van der Waals surface area contributed by atoms with Crippen LogP contribution in [0.5, 0.6) is 0 Å². The Morgan fingerprint density at radius 2 is 2.14 bits per heavy atom. The molecule has 2 nitrogen and oxygen atoms in total. The van der Waals surface area contributed by atoms with E-state index < -0.39 is 0 Å². The lowest BCUT2D eigenvalue weighted by molar-refractivity contribution is 0.0279. The van der Waals surface area contributed by atoms with Gasteiger partial charge in [0.25, 0.3) is 0 Å². The molecule has 2 aliphatic rings. The molecule has 1 aromatic heterocycles. The van der Waals surface area contributed by atoms with Crippen molar-refractivity contribution in [3.8, 4) is 0 Å². The van der Waals surface area contributed by atoms with Crippen molar-refractivity contribution in [1.82, 2.24) is 10.2 Å². The van der Waals surface area contributed by atoms with E-state index in [1.807, 2.05) is 6.07 Å². The average Bonchev–Trinajstić information content (AvgIpc) is 2.94. The number of rotatable bonds is 3. The Bertz CT molecular complexity index is 467. The van der Waals surface area contributed by atoms with Crippen molar-refractivity contribution < 1.29 is 0 Å². The highest BCUT2D eigenvalue weighted by atomic mass is 35.5. The van der Waals surface area contributed by atoms with Gasteiger partial charge in [0.1, 0.15) is 0 Å². The van der Waals surface area contributed by atoms with Crippen molar-refractivity contribution in [2.24, 2.45) is 0 Å². The van der Waals surface area contributed by atoms with E-state index in [2.05, 4.69) is 30.1 Å². The van der Waals surface area contributed by atoms with Crippen molar-refractivity contribution in [3.63, 3.8) is 0 Å². The van der Waals surface area contributed by atoms with Crippen LogP contribution in [-0.4, -0.2) is 29.6 Å². The summed E-state index contributed by atoms with van der Waals surface area (Å²) in [6.45, 7) is 7.00. The van der Waals surface area contributed by atoms with Gasteiger partial charge in [-0.15, -0.1) is 11.3 Å². The van der Waals surface area contributed by atoms with Gasteiger partial charge in [-0.2, -0.15) is 0 Å². The number of hydrogen-bond donors (Lipinski definition) is 1. The quantitative estimate of drug-likeness (QED) is 0.854. The maximum Gasteiger partial charge on any atom is 0.0931 e. The minimum Gasteiger partial charge on any atom is -0.308 e. The van der Waals surface area contributed by atoms with Crippen LogP contribution in [0.1, 0.15) is 63.3 Å². The van der Waals surface area contributed by atoms with E-state index in [0.29, 0.717) is 17.6 Å². The second kappa shape index (κ2) is 6.57. The zero-order valence-electron chi connectivity index (χ0n) is 13.2. The summed E-state index contributed by atoms with van der Waals surface area (Å²) in [5.74, 6) is 0. The second-order valence-corrected chi connectivity index (χ2v) is 8.52. The number of hydrogen-bond acceptors (Lipinski definition) is 3. The largest absolute Gasteiger partial charge is 0.308 e. The smallest absolute Gasteiger partial charge is 0.0931 e. The lowest BCUT2D eigenvalue weighted by atomic mass is 9.79. The molecule has 2 fully saturated rings. The summed E-state index contributed by atoms with van der Waals surface area (Å²) in [5, 5.41) is 3.91. The summed E-state index contributed by atoms with van der Waals surface area (Å²) in [6.07, 6.45) is 8.09. The van der Waals surface area contributed by atoms with Gasteiger partial charge in [0.05, 0.1) is 4.34 Å². The molecule has 1 aliphatic carbocycles. The number of halogens is 1. The molecule has 0 bridgehead atoms. The van der Waals surface area contributed by atoms with Crippen LogP contribution >= 0.6 is 22.9 Å². The Morgan fingerprint density at radius 3 is 2.76 bits per heavy atom. The third-order valence-corrected chi connectivity index (χ3v) is 6.85. The Labute approximate surface area is 137 Å². The Balaban J connectivity index is 1.78. The molecule has 1 saturated heterocycles. The van der Waals surface area contributed by atoms with Crippen molar-refractivity contribution >= 4 is 22.9 Å². The van der Waals surface area contributed by atoms with Crippen LogP contribution in [0.3, 0.4) is 0 Å². The predicted octanol–water partition coefficient (Wildman–Crippen LogP) is 4.85. The molecule has 1 spiro atoms. The van der Waals surface area contributed by atoms with Gasteiger partial charge in [-0.3, -0.25) is 4.90 Å². The summed E-state index contributed by atoms with van der Waals surface area (Å²) in [6, 6.07) is 5.37. The molecule has 0 radical (unpaired) electrons. The van der Waals surface area contributed by atoms with Crippen LogP contribution in [0.2, 0.25) is 4.34 Å². The van der Waals surface area contributed by atoms with Crippen molar-refractivity contribution in [3.05, 3.63) is 21.3 Å². The lowest BCUT2D eigenvalue weighted by Crippen LogP contribution is -2.64. The highest BCUT2D eigenvalue weighted by Gasteiger charge is 2.41. The molecular formula is C17H27ClN2S. The highest BCUT2D eigenvalue weighted by Crippen LogP contribution is 2.38. The zero-order chi connectivity index (χ0) is 14.9. The molecule has 2 unspecified atom stereocenters. The normalized spacial score (nSPS) is 27.9. The van der Waals surface area contributed by atoms with E-state index in [-0.39, 0.29) is 0 Å². The number of piperazine rings is 1. The molecule has 0 amide bonds. The number of nitrogens with one attached hydrogen (secondary N) is 1. The third-order valence-electron chi connectivity index (χ3n) is 5.45. The van der Waals surface area contributed by atoms with Gasteiger partial charge >= 0.3 is 0 Å². The van der Waals surface area contributed by atoms with E-state index in [0.717, 1.165) is 10.9 Å². The lowest BCUT2D eigenvalue weighted by Gasteiger charge is -2.51. The summed E-state index contributed by atoms with van der Waals surface area (Å²) in [7, 11) is 0. The molecule has 1 aliphatic heterocycles. The topological polar surface area (TPSA) is 15.3 Å². The second-order valence-electron chi connectivity index (χ2n) is 6.77. The number of thiophene rings is 1. The maximum atomic E-state index is 6.14. The maximum absolute atomic E-state index is 6.14. The van der Waals surface area contributed by atoms with Gasteiger partial charge in [0, 0.05) is 35.6 Å². The third kappa shape index (κ3) is 3.31. The molecule has 2 atom stereocenters. The average molecular weight is 327 g/mol. The van der Waals surface area contributed by atoms with E-state index in [9.17, 15) is 0 Å². The van der Waals surface area contributed by atoms with Gasteiger partial charge in [-0.05, 0) is 38.3 Å². The minimum absolute atomic E-state index is 0.374. The van der Waals surface area contributed by atoms with Crippen LogP contribution in [-0.2, 0) is 0 Å². The van der Waals surface area contributed by atoms with Crippen LogP contribution in [0.15, 0.2) is 12.1 Å². The van der Waals surface area contributed by atoms with E-state index >= 15 is 0 Å². The summed E-state index contributed by atoms with van der Waals surface area (Å²) >= 11 is 7.88. The highest BCUT2D eigenvalue weighted by molar-refractivity contribution is 7.16. The van der Waals surface area contributed by atoms with Crippen LogP contribution in [0, 0.1) is 0 Å².